The Balaban J connectivity index is 2.34. The summed E-state index contributed by atoms with van der Waals surface area (Å²) < 4.78 is 4.12. The van der Waals surface area contributed by atoms with E-state index in [0.29, 0.717) is 5.56 Å². The summed E-state index contributed by atoms with van der Waals surface area (Å²) >= 11 is 6.60. The van der Waals surface area contributed by atoms with Gasteiger partial charge in [-0.2, -0.15) is 4.37 Å². The number of hydrogen-bond donors (Lipinski definition) is 0. The molecule has 0 amide bonds. The lowest BCUT2D eigenvalue weighted by molar-refractivity contribution is 0.103. The van der Waals surface area contributed by atoms with Crippen molar-refractivity contribution < 1.29 is 4.79 Å². The minimum absolute atomic E-state index is 0.159. The van der Waals surface area contributed by atoms with Crippen molar-refractivity contribution in [3.05, 3.63) is 46.2 Å². The minimum atomic E-state index is -0.200. The molecule has 1 aromatic carbocycles. The number of nitrogens with zero attached hydrogens (tertiary/aromatic N) is 2. The summed E-state index contributed by atoms with van der Waals surface area (Å²) in [6, 6.07) is 8.87. The molecular weight excluding hydrogens is 220 g/mol. The van der Waals surface area contributed by atoms with Gasteiger partial charge >= 0.3 is 0 Å². The molecule has 0 saturated carbocycles. The zero-order valence-corrected chi connectivity index (χ0v) is 8.55. The van der Waals surface area contributed by atoms with Crippen LogP contribution >= 0.6 is 23.1 Å². The van der Waals surface area contributed by atoms with Crippen molar-refractivity contribution in [3.63, 3.8) is 0 Å². The molecule has 0 N–H and O–H groups in total. The molecule has 0 spiro atoms. The number of aromatic nitrogens is 2. The van der Waals surface area contributed by atoms with Crippen LogP contribution in [0.1, 0.15) is 16.2 Å². The molecule has 3 nitrogen and oxygen atoms in total. The van der Waals surface area contributed by atoms with E-state index >= 15 is 0 Å². The molecule has 14 heavy (non-hydrogen) atoms. The lowest BCUT2D eigenvalue weighted by atomic mass is 10.1. The maximum Gasteiger partial charge on any atom is 0.231 e. The third-order valence-corrected chi connectivity index (χ3v) is 2.44. The summed E-state index contributed by atoms with van der Waals surface area (Å²) in [7, 11) is 0. The van der Waals surface area contributed by atoms with Crippen molar-refractivity contribution in [2.45, 2.75) is 0 Å². The topological polar surface area (TPSA) is 42.9 Å². The second-order valence-electron chi connectivity index (χ2n) is 2.57. The van der Waals surface area contributed by atoms with Crippen LogP contribution in [0.15, 0.2) is 30.3 Å². The van der Waals surface area contributed by atoms with Crippen molar-refractivity contribution in [1.82, 2.24) is 9.36 Å². The Morgan fingerprint density at radius 3 is 2.57 bits per heavy atom. The SMILES string of the molecule is O=C(c1ccccc1)c1nsc(Cl)n1. The van der Waals surface area contributed by atoms with Crippen LogP contribution in [-0.2, 0) is 0 Å². The van der Waals surface area contributed by atoms with E-state index in [0.717, 1.165) is 11.5 Å². The number of rotatable bonds is 2. The van der Waals surface area contributed by atoms with E-state index in [-0.39, 0.29) is 16.1 Å². The van der Waals surface area contributed by atoms with Gasteiger partial charge in [-0.25, -0.2) is 4.98 Å². The van der Waals surface area contributed by atoms with Crippen LogP contribution in [0, 0.1) is 0 Å². The van der Waals surface area contributed by atoms with Crippen molar-refractivity contribution in [1.29, 1.82) is 0 Å². The summed E-state index contributed by atoms with van der Waals surface area (Å²) in [5.41, 5.74) is 0.571. The fraction of sp³-hybridized carbons (Fsp3) is 0. The van der Waals surface area contributed by atoms with E-state index in [4.69, 9.17) is 11.6 Å². The van der Waals surface area contributed by atoms with E-state index in [1.165, 1.54) is 0 Å². The van der Waals surface area contributed by atoms with Crippen molar-refractivity contribution in [3.8, 4) is 0 Å². The van der Waals surface area contributed by atoms with Crippen molar-refractivity contribution in [2.75, 3.05) is 0 Å². The summed E-state index contributed by atoms with van der Waals surface area (Å²) in [4.78, 5) is 15.5. The van der Waals surface area contributed by atoms with Gasteiger partial charge in [-0.1, -0.05) is 30.3 Å². The molecule has 0 aliphatic carbocycles. The Bertz CT molecular complexity index is 455. The first-order valence-corrected chi connectivity index (χ1v) is 5.01. The van der Waals surface area contributed by atoms with Gasteiger partial charge in [0.15, 0.2) is 0 Å². The van der Waals surface area contributed by atoms with Gasteiger partial charge in [0.2, 0.25) is 16.1 Å². The fourth-order valence-electron chi connectivity index (χ4n) is 1.02. The molecule has 0 fully saturated rings. The van der Waals surface area contributed by atoms with Crippen molar-refractivity contribution >= 4 is 28.9 Å². The Labute approximate surface area is 89.5 Å². The number of benzene rings is 1. The lowest BCUT2D eigenvalue weighted by Crippen LogP contribution is -2.02. The van der Waals surface area contributed by atoms with Gasteiger partial charge in [-0.15, -0.1) is 0 Å². The van der Waals surface area contributed by atoms with E-state index in [2.05, 4.69) is 9.36 Å². The monoisotopic (exact) mass is 224 g/mol. The Morgan fingerprint density at radius 2 is 2.00 bits per heavy atom. The van der Waals surface area contributed by atoms with Crippen LogP contribution < -0.4 is 0 Å². The van der Waals surface area contributed by atoms with E-state index in [1.807, 2.05) is 6.07 Å². The average Bonchev–Trinajstić information content (AvgIpc) is 2.65. The molecule has 0 atom stereocenters. The van der Waals surface area contributed by atoms with Gasteiger partial charge < -0.3 is 0 Å². The van der Waals surface area contributed by atoms with E-state index in [1.54, 1.807) is 24.3 Å². The van der Waals surface area contributed by atoms with Crippen LogP contribution in [0.3, 0.4) is 0 Å². The highest BCUT2D eigenvalue weighted by atomic mass is 35.5. The lowest BCUT2D eigenvalue weighted by Gasteiger charge is -1.93. The molecule has 0 saturated heterocycles. The highest BCUT2D eigenvalue weighted by molar-refractivity contribution is 7.10. The summed E-state index contributed by atoms with van der Waals surface area (Å²) in [5, 5.41) is 0. The predicted octanol–water partition coefficient (Wildman–Crippen LogP) is 2.42. The Hall–Kier alpha value is -1.26. The summed E-state index contributed by atoms with van der Waals surface area (Å²) in [5.74, 6) is -0.0417. The molecule has 2 aromatic rings. The quantitative estimate of drug-likeness (QED) is 0.736. The first kappa shape index (κ1) is 9.30. The van der Waals surface area contributed by atoms with E-state index in [9.17, 15) is 4.79 Å². The largest absolute Gasteiger partial charge is 0.285 e. The zero-order valence-electron chi connectivity index (χ0n) is 6.98. The molecule has 0 aliphatic rings. The van der Waals surface area contributed by atoms with Gasteiger partial charge in [0.1, 0.15) is 0 Å². The normalized spacial score (nSPS) is 10.1. The smallest absolute Gasteiger partial charge is 0.231 e. The van der Waals surface area contributed by atoms with Crippen molar-refractivity contribution in [2.24, 2.45) is 0 Å². The van der Waals surface area contributed by atoms with Gasteiger partial charge in [0.05, 0.1) is 0 Å². The molecule has 0 radical (unpaired) electrons. The van der Waals surface area contributed by atoms with Gasteiger partial charge in [-0.3, -0.25) is 4.79 Å². The molecule has 0 bridgehead atoms. The number of carbonyl (C=O) groups is 1. The van der Waals surface area contributed by atoms with E-state index < -0.39 is 0 Å². The minimum Gasteiger partial charge on any atom is -0.285 e. The molecule has 5 heteroatoms. The van der Waals surface area contributed by atoms with Crippen LogP contribution in [0.2, 0.25) is 4.47 Å². The second-order valence-corrected chi connectivity index (χ2v) is 3.90. The third-order valence-electron chi connectivity index (χ3n) is 1.64. The number of carbonyl (C=O) groups excluding carboxylic acids is 1. The van der Waals surface area contributed by atoms with Crippen LogP contribution in [0.25, 0.3) is 0 Å². The highest BCUT2D eigenvalue weighted by Crippen LogP contribution is 2.13. The van der Waals surface area contributed by atoms with Crippen LogP contribution in [-0.4, -0.2) is 15.1 Å². The predicted molar refractivity (Wildman–Crippen MR) is 54.8 cm³/mol. The van der Waals surface area contributed by atoms with Gasteiger partial charge in [0.25, 0.3) is 0 Å². The fourth-order valence-corrected chi connectivity index (χ4v) is 1.61. The number of halogens is 1. The molecule has 1 aromatic heterocycles. The molecule has 2 rings (SSSR count). The third kappa shape index (κ3) is 1.81. The van der Waals surface area contributed by atoms with Crippen LogP contribution in [0.5, 0.6) is 0 Å². The molecule has 70 valence electrons. The molecular formula is C9H5ClN2OS. The second kappa shape index (κ2) is 3.86. The summed E-state index contributed by atoms with van der Waals surface area (Å²) in [6.45, 7) is 0. The Morgan fingerprint density at radius 1 is 1.29 bits per heavy atom. The standard InChI is InChI=1S/C9H5ClN2OS/c10-9-11-8(12-14-9)7(13)6-4-2-1-3-5-6/h1-5H. The zero-order chi connectivity index (χ0) is 9.97. The first-order chi connectivity index (χ1) is 6.77. The van der Waals surface area contributed by atoms with Gasteiger partial charge in [-0.05, 0) is 23.1 Å². The Kier molecular flexibility index (Phi) is 2.56. The maximum atomic E-state index is 11.7. The van der Waals surface area contributed by atoms with Crippen LogP contribution in [0.4, 0.5) is 0 Å². The average molecular weight is 225 g/mol. The number of hydrogen-bond acceptors (Lipinski definition) is 4. The summed E-state index contributed by atoms with van der Waals surface area (Å²) in [6.07, 6.45) is 0. The first-order valence-electron chi connectivity index (χ1n) is 3.86. The highest BCUT2D eigenvalue weighted by Gasteiger charge is 2.13. The van der Waals surface area contributed by atoms with Gasteiger partial charge in [0, 0.05) is 5.56 Å². The molecule has 1 heterocycles. The number of ketones is 1. The maximum absolute atomic E-state index is 11.7. The molecule has 0 aliphatic heterocycles. The molecule has 0 unspecified atom stereocenters.